The van der Waals surface area contributed by atoms with Crippen LogP contribution in [-0.4, -0.2) is 5.16 Å². The second-order valence-corrected chi connectivity index (χ2v) is 5.19. The summed E-state index contributed by atoms with van der Waals surface area (Å²) in [5.41, 5.74) is 9.21. The number of nitrogens with zero attached hydrogens (tertiary/aromatic N) is 1. The average molecular weight is 236 g/mol. The van der Waals surface area contributed by atoms with Gasteiger partial charge >= 0.3 is 0 Å². The van der Waals surface area contributed by atoms with Gasteiger partial charge in [-0.05, 0) is 30.2 Å². The lowest BCUT2D eigenvalue weighted by atomic mass is 10.00. The molecule has 0 aromatic carbocycles. The fourth-order valence-electron chi connectivity index (χ4n) is 1.73. The first kappa shape index (κ1) is 11.2. The van der Waals surface area contributed by atoms with Crippen LogP contribution in [0.4, 0.5) is 5.82 Å². The van der Waals surface area contributed by atoms with E-state index in [9.17, 15) is 0 Å². The van der Waals surface area contributed by atoms with Gasteiger partial charge in [-0.3, -0.25) is 0 Å². The van der Waals surface area contributed by atoms with Crippen LogP contribution in [-0.2, 0) is 6.42 Å². The first-order valence-corrected chi connectivity index (χ1v) is 6.31. The SMILES string of the molecule is Cc1cscc1-c1onc(N)c1CC(C)C. The van der Waals surface area contributed by atoms with Crippen molar-refractivity contribution in [1.82, 2.24) is 5.16 Å². The highest BCUT2D eigenvalue weighted by Crippen LogP contribution is 2.33. The van der Waals surface area contributed by atoms with Crippen LogP contribution >= 0.6 is 11.3 Å². The van der Waals surface area contributed by atoms with Crippen molar-refractivity contribution < 1.29 is 4.52 Å². The van der Waals surface area contributed by atoms with Gasteiger partial charge in [0.2, 0.25) is 0 Å². The summed E-state index contributed by atoms with van der Waals surface area (Å²) in [5.74, 6) is 1.90. The molecule has 0 spiro atoms. The second kappa shape index (κ2) is 4.29. The molecule has 2 rings (SSSR count). The summed E-state index contributed by atoms with van der Waals surface area (Å²) in [6.07, 6.45) is 0.903. The number of rotatable bonds is 3. The van der Waals surface area contributed by atoms with Gasteiger partial charge in [-0.1, -0.05) is 19.0 Å². The van der Waals surface area contributed by atoms with Gasteiger partial charge in [0, 0.05) is 16.5 Å². The zero-order chi connectivity index (χ0) is 11.7. The normalized spacial score (nSPS) is 11.2. The number of anilines is 1. The van der Waals surface area contributed by atoms with Crippen LogP contribution in [0.5, 0.6) is 0 Å². The number of hydrogen-bond acceptors (Lipinski definition) is 4. The standard InChI is InChI=1S/C12H16N2OS/c1-7(2)4-9-11(15-14-12(9)13)10-6-16-5-8(10)3/h5-7H,4H2,1-3H3,(H2,13,14). The van der Waals surface area contributed by atoms with Crippen LogP contribution < -0.4 is 5.73 Å². The Morgan fingerprint density at radius 3 is 2.75 bits per heavy atom. The fraction of sp³-hybridized carbons (Fsp3) is 0.417. The molecular weight excluding hydrogens is 220 g/mol. The van der Waals surface area contributed by atoms with Gasteiger partial charge in [0.1, 0.15) is 0 Å². The van der Waals surface area contributed by atoms with Crippen molar-refractivity contribution in [3.8, 4) is 11.3 Å². The topological polar surface area (TPSA) is 52.0 Å². The van der Waals surface area contributed by atoms with Crippen molar-refractivity contribution in [1.29, 1.82) is 0 Å². The van der Waals surface area contributed by atoms with Gasteiger partial charge < -0.3 is 10.3 Å². The van der Waals surface area contributed by atoms with Crippen LogP contribution in [0.25, 0.3) is 11.3 Å². The van der Waals surface area contributed by atoms with Crippen molar-refractivity contribution >= 4 is 17.2 Å². The molecule has 0 fully saturated rings. The largest absolute Gasteiger partial charge is 0.381 e. The Morgan fingerprint density at radius 2 is 2.19 bits per heavy atom. The molecule has 0 aliphatic carbocycles. The van der Waals surface area contributed by atoms with E-state index < -0.39 is 0 Å². The minimum absolute atomic E-state index is 0.522. The van der Waals surface area contributed by atoms with Crippen LogP contribution in [0.15, 0.2) is 15.3 Å². The third kappa shape index (κ3) is 1.97. The Morgan fingerprint density at radius 1 is 1.44 bits per heavy atom. The van der Waals surface area contributed by atoms with E-state index in [-0.39, 0.29) is 0 Å². The fourth-order valence-corrected chi connectivity index (χ4v) is 2.56. The minimum atomic E-state index is 0.522. The predicted molar refractivity (Wildman–Crippen MR) is 67.5 cm³/mol. The molecule has 2 N–H and O–H groups in total. The number of nitrogen functional groups attached to an aromatic ring is 1. The summed E-state index contributed by atoms with van der Waals surface area (Å²) in [7, 11) is 0. The van der Waals surface area contributed by atoms with E-state index in [2.05, 4.69) is 36.7 Å². The Bertz CT molecular complexity index is 485. The van der Waals surface area contributed by atoms with E-state index in [0.717, 1.165) is 23.3 Å². The van der Waals surface area contributed by atoms with E-state index in [1.54, 1.807) is 11.3 Å². The summed E-state index contributed by atoms with van der Waals surface area (Å²) < 4.78 is 5.35. The van der Waals surface area contributed by atoms with Gasteiger partial charge in [-0.15, -0.1) is 0 Å². The van der Waals surface area contributed by atoms with Crippen molar-refractivity contribution in [2.75, 3.05) is 5.73 Å². The molecule has 0 aliphatic rings. The van der Waals surface area contributed by atoms with Crippen LogP contribution in [0, 0.1) is 12.8 Å². The van der Waals surface area contributed by atoms with Crippen molar-refractivity contribution in [3.63, 3.8) is 0 Å². The molecule has 2 aromatic rings. The number of aryl methyl sites for hydroxylation is 1. The molecule has 2 heterocycles. The summed E-state index contributed by atoms with van der Waals surface area (Å²) in [4.78, 5) is 0. The van der Waals surface area contributed by atoms with Gasteiger partial charge in [-0.25, -0.2) is 0 Å². The third-order valence-electron chi connectivity index (χ3n) is 2.53. The maximum atomic E-state index is 5.84. The second-order valence-electron chi connectivity index (χ2n) is 4.44. The third-order valence-corrected chi connectivity index (χ3v) is 3.39. The lowest BCUT2D eigenvalue weighted by molar-refractivity contribution is 0.434. The quantitative estimate of drug-likeness (QED) is 0.887. The Hall–Kier alpha value is -1.29. The molecule has 0 radical (unpaired) electrons. The monoisotopic (exact) mass is 236 g/mol. The summed E-state index contributed by atoms with van der Waals surface area (Å²) in [5, 5.41) is 8.06. The highest BCUT2D eigenvalue weighted by Gasteiger charge is 2.18. The lowest BCUT2D eigenvalue weighted by Crippen LogP contribution is -1.98. The number of aromatic nitrogens is 1. The summed E-state index contributed by atoms with van der Waals surface area (Å²) in [6, 6.07) is 0. The first-order valence-electron chi connectivity index (χ1n) is 5.36. The molecule has 0 bridgehead atoms. The molecule has 0 amide bonds. The lowest BCUT2D eigenvalue weighted by Gasteiger charge is -2.04. The van der Waals surface area contributed by atoms with Gasteiger partial charge in [0.15, 0.2) is 11.6 Å². The van der Waals surface area contributed by atoms with Crippen molar-refractivity contribution in [3.05, 3.63) is 21.9 Å². The average Bonchev–Trinajstić information content (AvgIpc) is 2.75. The van der Waals surface area contributed by atoms with Crippen LogP contribution in [0.1, 0.15) is 25.0 Å². The van der Waals surface area contributed by atoms with Crippen LogP contribution in [0.3, 0.4) is 0 Å². The minimum Gasteiger partial charge on any atom is -0.381 e. The van der Waals surface area contributed by atoms with Crippen LogP contribution in [0.2, 0.25) is 0 Å². The van der Waals surface area contributed by atoms with E-state index in [1.807, 2.05) is 0 Å². The zero-order valence-electron chi connectivity index (χ0n) is 9.78. The molecule has 0 saturated carbocycles. The van der Waals surface area contributed by atoms with Gasteiger partial charge in [0.05, 0.1) is 0 Å². The molecule has 0 unspecified atom stereocenters. The van der Waals surface area contributed by atoms with E-state index >= 15 is 0 Å². The smallest absolute Gasteiger partial charge is 0.173 e. The van der Waals surface area contributed by atoms with Gasteiger partial charge in [-0.2, -0.15) is 11.3 Å². The number of hydrogen-bond donors (Lipinski definition) is 1. The van der Waals surface area contributed by atoms with Crippen molar-refractivity contribution in [2.45, 2.75) is 27.2 Å². The predicted octanol–water partition coefficient (Wildman–Crippen LogP) is 3.49. The van der Waals surface area contributed by atoms with Gasteiger partial charge in [0.25, 0.3) is 0 Å². The molecule has 86 valence electrons. The highest BCUT2D eigenvalue weighted by molar-refractivity contribution is 7.08. The molecule has 0 saturated heterocycles. The maximum Gasteiger partial charge on any atom is 0.173 e. The number of thiophene rings is 1. The Balaban J connectivity index is 2.46. The maximum absolute atomic E-state index is 5.84. The summed E-state index contributed by atoms with van der Waals surface area (Å²) in [6.45, 7) is 6.40. The molecule has 2 aromatic heterocycles. The molecule has 16 heavy (non-hydrogen) atoms. The number of nitrogens with two attached hydrogens (primary N) is 1. The summed E-state index contributed by atoms with van der Waals surface area (Å²) >= 11 is 1.67. The van der Waals surface area contributed by atoms with E-state index in [4.69, 9.17) is 10.3 Å². The molecule has 3 nitrogen and oxygen atoms in total. The molecule has 0 atom stereocenters. The van der Waals surface area contributed by atoms with Crippen molar-refractivity contribution in [2.24, 2.45) is 5.92 Å². The highest BCUT2D eigenvalue weighted by atomic mass is 32.1. The Kier molecular flexibility index (Phi) is 3.01. The van der Waals surface area contributed by atoms with E-state index in [1.165, 1.54) is 5.56 Å². The zero-order valence-corrected chi connectivity index (χ0v) is 10.6. The molecule has 4 heteroatoms. The Labute approximate surface area is 99.3 Å². The molecule has 0 aliphatic heterocycles. The molecular formula is C12H16N2OS. The first-order chi connectivity index (χ1) is 7.59. The van der Waals surface area contributed by atoms with E-state index in [0.29, 0.717) is 11.7 Å².